The highest BCUT2D eigenvalue weighted by molar-refractivity contribution is 5.91. The van der Waals surface area contributed by atoms with Gasteiger partial charge in [-0.05, 0) is 12.1 Å². The minimum absolute atomic E-state index is 0.132. The normalized spacial score (nSPS) is 15.2. The monoisotopic (exact) mass is 281 g/mol. The van der Waals surface area contributed by atoms with Crippen LogP contribution in [0.4, 0.5) is 0 Å². The van der Waals surface area contributed by atoms with Gasteiger partial charge in [0, 0.05) is 19.5 Å². The summed E-state index contributed by atoms with van der Waals surface area (Å²) in [4.78, 5) is 15.8. The zero-order valence-corrected chi connectivity index (χ0v) is 11.6. The van der Waals surface area contributed by atoms with Crippen LogP contribution < -0.4 is 20.7 Å². The Kier molecular flexibility index (Phi) is 4.80. The van der Waals surface area contributed by atoms with Crippen LogP contribution in [0.2, 0.25) is 0 Å². The number of aromatic nitrogens is 1. The molecule has 3 N–H and O–H groups in total. The molecule has 8 nitrogen and oxygen atoms in total. The second kappa shape index (κ2) is 6.78. The first-order valence-electron chi connectivity index (χ1n) is 6.69. The molecule has 20 heavy (non-hydrogen) atoms. The van der Waals surface area contributed by atoms with Crippen LogP contribution in [0.15, 0.2) is 15.6 Å². The summed E-state index contributed by atoms with van der Waals surface area (Å²) >= 11 is 0. The molecule has 2 heterocycles. The van der Waals surface area contributed by atoms with E-state index in [9.17, 15) is 4.79 Å². The number of amides is 1. The Morgan fingerprint density at radius 2 is 2.45 bits per heavy atom. The van der Waals surface area contributed by atoms with Crippen molar-refractivity contribution in [2.75, 3.05) is 19.6 Å². The summed E-state index contributed by atoms with van der Waals surface area (Å²) in [7, 11) is 0. The van der Waals surface area contributed by atoms with Crippen molar-refractivity contribution in [1.82, 2.24) is 21.1 Å². The van der Waals surface area contributed by atoms with E-state index < -0.39 is 0 Å². The number of nitrogens with one attached hydrogen (secondary N) is 3. The number of hydrogen-bond donors (Lipinski definition) is 3. The number of carbonyl (C=O) groups excluding carboxylic acids is 1. The predicted octanol–water partition coefficient (Wildman–Crippen LogP) is 0.0880. The van der Waals surface area contributed by atoms with Gasteiger partial charge in [0.05, 0.1) is 12.6 Å². The molecule has 0 aromatic carbocycles. The van der Waals surface area contributed by atoms with Crippen molar-refractivity contribution < 1.29 is 14.1 Å². The van der Waals surface area contributed by atoms with Gasteiger partial charge in [-0.2, -0.15) is 0 Å². The molecular weight excluding hydrogens is 262 g/mol. The van der Waals surface area contributed by atoms with Crippen LogP contribution in [0.5, 0.6) is 5.88 Å². The molecule has 0 saturated heterocycles. The maximum Gasteiger partial charge on any atom is 0.290 e. The first-order valence-corrected chi connectivity index (χ1v) is 6.69. The maximum atomic E-state index is 11.5. The van der Waals surface area contributed by atoms with E-state index in [-0.39, 0.29) is 23.8 Å². The molecule has 1 aliphatic rings. The minimum atomic E-state index is -0.308. The summed E-state index contributed by atoms with van der Waals surface area (Å²) in [6, 6.07) is 1.47. The highest BCUT2D eigenvalue weighted by Crippen LogP contribution is 2.13. The van der Waals surface area contributed by atoms with Crippen LogP contribution in [0.1, 0.15) is 30.8 Å². The Morgan fingerprint density at radius 3 is 3.10 bits per heavy atom. The Labute approximate surface area is 116 Å². The van der Waals surface area contributed by atoms with Gasteiger partial charge in [-0.3, -0.25) is 9.79 Å². The van der Waals surface area contributed by atoms with E-state index in [0.29, 0.717) is 18.9 Å². The summed E-state index contributed by atoms with van der Waals surface area (Å²) in [6.45, 7) is 5.91. The predicted molar refractivity (Wildman–Crippen MR) is 72.7 cm³/mol. The molecule has 1 aromatic heterocycles. The molecule has 2 rings (SSSR count). The third kappa shape index (κ3) is 3.62. The van der Waals surface area contributed by atoms with Gasteiger partial charge in [0.1, 0.15) is 0 Å². The van der Waals surface area contributed by atoms with Gasteiger partial charge in [0.15, 0.2) is 12.2 Å². The highest BCUT2D eigenvalue weighted by atomic mass is 16.6. The third-order valence-corrected chi connectivity index (χ3v) is 2.66. The van der Waals surface area contributed by atoms with E-state index in [1.807, 2.05) is 13.8 Å². The minimum Gasteiger partial charge on any atom is -0.452 e. The Hall–Kier alpha value is -2.25. The average molecular weight is 281 g/mol. The van der Waals surface area contributed by atoms with E-state index in [4.69, 9.17) is 9.26 Å². The molecule has 8 heteroatoms. The number of carbonyl (C=O) groups is 1. The number of guanidine groups is 1. The van der Waals surface area contributed by atoms with Gasteiger partial charge < -0.3 is 25.2 Å². The summed E-state index contributed by atoms with van der Waals surface area (Å²) in [5.74, 6) is 0.805. The first-order chi connectivity index (χ1) is 9.72. The van der Waals surface area contributed by atoms with Crippen LogP contribution >= 0.6 is 0 Å². The number of nitrogens with zero attached hydrogens (tertiary/aromatic N) is 2. The standard InChI is InChI=1S/C12H19N5O3/c1-3-9(16-12-14-5-6-15-12)19-10-7-8(20-17-10)11(18)13-4-2/h7,9H,3-6H2,1-2H3,(H,13,18)(H2,14,15,16). The summed E-state index contributed by atoms with van der Waals surface area (Å²) in [6.07, 6.45) is 0.427. The fourth-order valence-electron chi connectivity index (χ4n) is 1.68. The van der Waals surface area contributed by atoms with Crippen LogP contribution in [0, 0.1) is 0 Å². The molecule has 1 atom stereocenters. The van der Waals surface area contributed by atoms with E-state index in [0.717, 1.165) is 13.1 Å². The van der Waals surface area contributed by atoms with Crippen molar-refractivity contribution in [3.8, 4) is 5.88 Å². The molecular formula is C12H19N5O3. The van der Waals surface area contributed by atoms with Gasteiger partial charge in [-0.25, -0.2) is 0 Å². The molecule has 1 amide bonds. The van der Waals surface area contributed by atoms with E-state index in [1.54, 1.807) is 0 Å². The lowest BCUT2D eigenvalue weighted by Crippen LogP contribution is -2.43. The Balaban J connectivity index is 1.92. The second-order valence-corrected chi connectivity index (χ2v) is 4.21. The van der Waals surface area contributed by atoms with E-state index in [2.05, 4.69) is 26.1 Å². The topological polar surface area (TPSA) is 101 Å². The highest BCUT2D eigenvalue weighted by Gasteiger charge is 2.17. The third-order valence-electron chi connectivity index (χ3n) is 2.66. The van der Waals surface area contributed by atoms with Gasteiger partial charge in [0.2, 0.25) is 5.76 Å². The van der Waals surface area contributed by atoms with E-state index >= 15 is 0 Å². The zero-order valence-electron chi connectivity index (χ0n) is 11.6. The zero-order chi connectivity index (χ0) is 14.4. The summed E-state index contributed by atoms with van der Waals surface area (Å²) in [5.41, 5.74) is 0. The SMILES string of the molecule is CCNC(=O)c1cc(OC(CC)NC2=NCCN2)no1. The fourth-order valence-corrected chi connectivity index (χ4v) is 1.68. The first kappa shape index (κ1) is 14.2. The lowest BCUT2D eigenvalue weighted by atomic mass is 10.4. The second-order valence-electron chi connectivity index (χ2n) is 4.21. The molecule has 1 unspecified atom stereocenters. The molecule has 0 bridgehead atoms. The van der Waals surface area contributed by atoms with Gasteiger partial charge in [-0.1, -0.05) is 6.92 Å². The van der Waals surface area contributed by atoms with Crippen molar-refractivity contribution in [2.24, 2.45) is 4.99 Å². The van der Waals surface area contributed by atoms with Crippen molar-refractivity contribution in [3.05, 3.63) is 11.8 Å². The maximum absolute atomic E-state index is 11.5. The average Bonchev–Trinajstić information content (AvgIpc) is 3.09. The number of aliphatic imine (C=N–C) groups is 1. The van der Waals surface area contributed by atoms with Crippen LogP contribution in [-0.2, 0) is 0 Å². The molecule has 110 valence electrons. The van der Waals surface area contributed by atoms with Gasteiger partial charge in [0.25, 0.3) is 11.8 Å². The Bertz CT molecular complexity index is 485. The van der Waals surface area contributed by atoms with Gasteiger partial charge in [-0.15, -0.1) is 0 Å². The van der Waals surface area contributed by atoms with Crippen LogP contribution in [-0.4, -0.2) is 42.9 Å². The molecule has 0 saturated carbocycles. The van der Waals surface area contributed by atoms with Crippen molar-refractivity contribution >= 4 is 11.9 Å². The van der Waals surface area contributed by atoms with Crippen LogP contribution in [0.25, 0.3) is 0 Å². The fraction of sp³-hybridized carbons (Fsp3) is 0.583. The summed E-state index contributed by atoms with van der Waals surface area (Å²) in [5, 5.41) is 12.6. The number of ether oxygens (including phenoxy) is 1. The molecule has 1 aliphatic heterocycles. The van der Waals surface area contributed by atoms with E-state index in [1.165, 1.54) is 6.07 Å². The molecule has 0 radical (unpaired) electrons. The largest absolute Gasteiger partial charge is 0.452 e. The van der Waals surface area contributed by atoms with Crippen molar-refractivity contribution in [2.45, 2.75) is 26.5 Å². The number of rotatable bonds is 6. The quantitative estimate of drug-likeness (QED) is 0.639. The smallest absolute Gasteiger partial charge is 0.290 e. The Morgan fingerprint density at radius 1 is 1.60 bits per heavy atom. The lowest BCUT2D eigenvalue weighted by Gasteiger charge is -2.17. The molecule has 0 spiro atoms. The molecule has 1 aromatic rings. The lowest BCUT2D eigenvalue weighted by molar-refractivity contribution is 0.0918. The van der Waals surface area contributed by atoms with Crippen molar-refractivity contribution in [3.63, 3.8) is 0 Å². The molecule has 0 fully saturated rings. The summed E-state index contributed by atoms with van der Waals surface area (Å²) < 4.78 is 10.6. The number of hydrogen-bond acceptors (Lipinski definition) is 7. The van der Waals surface area contributed by atoms with Crippen LogP contribution in [0.3, 0.4) is 0 Å². The van der Waals surface area contributed by atoms with Gasteiger partial charge >= 0.3 is 0 Å². The van der Waals surface area contributed by atoms with Crippen molar-refractivity contribution in [1.29, 1.82) is 0 Å². The molecule has 0 aliphatic carbocycles.